The summed E-state index contributed by atoms with van der Waals surface area (Å²) in [5, 5.41) is 12.3. The quantitative estimate of drug-likeness (QED) is 0.729. The molecular weight excluding hydrogens is 308 g/mol. The molecule has 118 valence electrons. The van der Waals surface area contributed by atoms with Crippen molar-refractivity contribution < 1.29 is 9.90 Å². The summed E-state index contributed by atoms with van der Waals surface area (Å²) in [6, 6.07) is 17.1. The first kappa shape index (κ1) is 15.5. The Morgan fingerprint density at radius 1 is 1.13 bits per heavy atom. The maximum Gasteiger partial charge on any atom is 0.270 e. The first-order valence-electron chi connectivity index (χ1n) is 7.42. The summed E-state index contributed by atoms with van der Waals surface area (Å²) >= 11 is 1.49. The molecule has 0 bridgehead atoms. The van der Waals surface area contributed by atoms with Gasteiger partial charge >= 0.3 is 0 Å². The number of rotatable bonds is 6. The molecule has 0 saturated carbocycles. The van der Waals surface area contributed by atoms with E-state index in [4.69, 9.17) is 0 Å². The van der Waals surface area contributed by atoms with E-state index in [9.17, 15) is 9.90 Å². The van der Waals surface area contributed by atoms with Crippen molar-refractivity contribution in [3.8, 4) is 0 Å². The van der Waals surface area contributed by atoms with Crippen LogP contribution in [0.4, 0.5) is 0 Å². The van der Waals surface area contributed by atoms with Gasteiger partial charge in [0.15, 0.2) is 0 Å². The lowest BCUT2D eigenvalue weighted by molar-refractivity contribution is 0.0604. The number of hydrogen-bond acceptors (Lipinski definition) is 3. The fraction of sp³-hybridized carbons (Fsp3) is 0.167. The Bertz CT molecular complexity index is 724. The van der Waals surface area contributed by atoms with Gasteiger partial charge in [-0.15, -0.1) is 11.3 Å². The highest BCUT2D eigenvalue weighted by Gasteiger charge is 2.21. The number of amides is 1. The number of aromatic nitrogens is 1. The summed E-state index contributed by atoms with van der Waals surface area (Å²) in [5.74, 6) is -0.116. The number of nitrogens with zero attached hydrogens (tertiary/aromatic N) is 1. The van der Waals surface area contributed by atoms with E-state index in [1.807, 2.05) is 47.8 Å². The van der Waals surface area contributed by atoms with Gasteiger partial charge in [0, 0.05) is 17.6 Å². The maximum absolute atomic E-state index is 12.7. The van der Waals surface area contributed by atoms with Crippen molar-refractivity contribution in [3.63, 3.8) is 0 Å². The van der Waals surface area contributed by atoms with Crippen LogP contribution in [-0.2, 0) is 6.54 Å². The van der Waals surface area contributed by atoms with E-state index >= 15 is 0 Å². The second-order valence-electron chi connectivity index (χ2n) is 5.29. The third-order valence-electron chi connectivity index (χ3n) is 3.60. The Kier molecular flexibility index (Phi) is 4.90. The number of thiophene rings is 1. The van der Waals surface area contributed by atoms with Gasteiger partial charge in [0.05, 0.1) is 6.54 Å². The van der Waals surface area contributed by atoms with E-state index in [-0.39, 0.29) is 12.5 Å². The molecule has 2 heterocycles. The smallest absolute Gasteiger partial charge is 0.270 e. The van der Waals surface area contributed by atoms with Crippen LogP contribution in [0, 0.1) is 0 Å². The molecule has 0 spiro atoms. The van der Waals surface area contributed by atoms with Crippen LogP contribution in [0.2, 0.25) is 0 Å². The number of hydrogen-bond donors (Lipinski definition) is 2. The van der Waals surface area contributed by atoms with E-state index < -0.39 is 6.10 Å². The molecule has 0 aliphatic heterocycles. The molecule has 1 atom stereocenters. The zero-order valence-electron chi connectivity index (χ0n) is 12.6. The second-order valence-corrected chi connectivity index (χ2v) is 6.27. The minimum Gasteiger partial charge on any atom is -0.386 e. The van der Waals surface area contributed by atoms with Crippen LogP contribution >= 0.6 is 11.3 Å². The molecule has 0 unspecified atom stereocenters. The van der Waals surface area contributed by atoms with E-state index in [0.717, 1.165) is 10.4 Å². The average Bonchev–Trinajstić information content (AvgIpc) is 3.27. The first-order chi connectivity index (χ1) is 11.2. The van der Waals surface area contributed by atoms with Gasteiger partial charge in [0.2, 0.25) is 0 Å². The largest absolute Gasteiger partial charge is 0.386 e. The summed E-state index contributed by atoms with van der Waals surface area (Å²) in [7, 11) is 0. The molecule has 0 fully saturated rings. The normalized spacial score (nSPS) is 12.0. The lowest BCUT2D eigenvalue weighted by Crippen LogP contribution is -2.34. The van der Waals surface area contributed by atoms with Gasteiger partial charge in [-0.25, -0.2) is 0 Å². The van der Waals surface area contributed by atoms with Gasteiger partial charge in [-0.2, -0.15) is 0 Å². The van der Waals surface area contributed by atoms with Crippen molar-refractivity contribution in [3.05, 3.63) is 82.3 Å². The topological polar surface area (TPSA) is 56.3 Å². The zero-order chi connectivity index (χ0) is 16.1. The third kappa shape index (κ3) is 3.88. The van der Waals surface area contributed by atoms with Gasteiger partial charge in [-0.05, 0) is 29.1 Å². The number of nitrogens with one attached hydrogen (secondary N) is 1. The summed E-state index contributed by atoms with van der Waals surface area (Å²) in [6.45, 7) is 0.717. The number of carbonyl (C=O) groups excluding carboxylic acids is 1. The Balaban J connectivity index is 1.79. The fourth-order valence-corrected chi connectivity index (χ4v) is 3.14. The molecule has 0 radical (unpaired) electrons. The van der Waals surface area contributed by atoms with Gasteiger partial charge in [0.1, 0.15) is 11.8 Å². The predicted molar refractivity (Wildman–Crippen MR) is 91.3 cm³/mol. The Hall–Kier alpha value is -2.37. The summed E-state index contributed by atoms with van der Waals surface area (Å²) in [6.07, 6.45) is 1.04. The molecule has 3 aromatic rings. The number of benzene rings is 1. The van der Waals surface area contributed by atoms with Crippen molar-refractivity contribution >= 4 is 17.2 Å². The molecule has 4 nitrogen and oxygen atoms in total. The third-order valence-corrected chi connectivity index (χ3v) is 4.57. The SMILES string of the molecule is O=C(c1ccc[nH]1)N(Cc1ccccc1)C[C@H](O)c1cccs1. The van der Waals surface area contributed by atoms with E-state index in [0.29, 0.717) is 12.2 Å². The average molecular weight is 326 g/mol. The minimum atomic E-state index is -0.683. The van der Waals surface area contributed by atoms with Crippen molar-refractivity contribution in [1.82, 2.24) is 9.88 Å². The standard InChI is InChI=1S/C18H18N2O2S/c21-16(17-9-5-11-23-17)13-20(12-14-6-2-1-3-7-14)18(22)15-8-4-10-19-15/h1-11,16,19,21H,12-13H2/t16-/m0/s1. The van der Waals surface area contributed by atoms with Crippen LogP contribution < -0.4 is 0 Å². The Morgan fingerprint density at radius 3 is 2.61 bits per heavy atom. The van der Waals surface area contributed by atoms with Crippen LogP contribution in [0.15, 0.2) is 66.2 Å². The van der Waals surface area contributed by atoms with Crippen molar-refractivity contribution in [1.29, 1.82) is 0 Å². The number of aliphatic hydroxyl groups is 1. The lowest BCUT2D eigenvalue weighted by Gasteiger charge is -2.25. The van der Waals surface area contributed by atoms with Gasteiger partial charge < -0.3 is 15.0 Å². The molecule has 5 heteroatoms. The Labute approximate surface area is 139 Å². The monoisotopic (exact) mass is 326 g/mol. The summed E-state index contributed by atoms with van der Waals surface area (Å²) in [5.41, 5.74) is 1.56. The molecule has 0 aliphatic rings. The number of H-pyrrole nitrogens is 1. The molecule has 2 aromatic heterocycles. The maximum atomic E-state index is 12.7. The van der Waals surface area contributed by atoms with Crippen LogP contribution in [-0.4, -0.2) is 27.4 Å². The predicted octanol–water partition coefficient (Wildman–Crippen LogP) is 3.45. The van der Waals surface area contributed by atoms with Crippen LogP contribution in [0.25, 0.3) is 0 Å². The van der Waals surface area contributed by atoms with Gasteiger partial charge in [-0.1, -0.05) is 36.4 Å². The van der Waals surface area contributed by atoms with Crippen LogP contribution in [0.5, 0.6) is 0 Å². The molecule has 23 heavy (non-hydrogen) atoms. The molecular formula is C18H18N2O2S. The van der Waals surface area contributed by atoms with Gasteiger partial charge in [-0.3, -0.25) is 4.79 Å². The highest BCUT2D eigenvalue weighted by Crippen LogP contribution is 2.21. The number of aliphatic hydroxyl groups excluding tert-OH is 1. The van der Waals surface area contributed by atoms with Crippen LogP contribution in [0.1, 0.15) is 27.0 Å². The molecule has 3 rings (SSSR count). The summed E-state index contributed by atoms with van der Waals surface area (Å²) < 4.78 is 0. The van der Waals surface area contributed by atoms with E-state index in [1.54, 1.807) is 23.2 Å². The number of carbonyl (C=O) groups is 1. The van der Waals surface area contributed by atoms with Crippen LogP contribution in [0.3, 0.4) is 0 Å². The first-order valence-corrected chi connectivity index (χ1v) is 8.30. The van der Waals surface area contributed by atoms with Gasteiger partial charge in [0.25, 0.3) is 5.91 Å². The molecule has 2 N–H and O–H groups in total. The van der Waals surface area contributed by atoms with Crippen molar-refractivity contribution in [2.75, 3.05) is 6.54 Å². The highest BCUT2D eigenvalue weighted by atomic mass is 32.1. The molecule has 1 amide bonds. The highest BCUT2D eigenvalue weighted by molar-refractivity contribution is 7.10. The van der Waals surface area contributed by atoms with E-state index in [1.165, 1.54) is 11.3 Å². The zero-order valence-corrected chi connectivity index (χ0v) is 13.4. The number of aromatic amines is 1. The van der Waals surface area contributed by atoms with E-state index in [2.05, 4.69) is 4.98 Å². The molecule has 0 aliphatic carbocycles. The fourth-order valence-electron chi connectivity index (χ4n) is 2.44. The second kappa shape index (κ2) is 7.26. The van der Waals surface area contributed by atoms with Crippen molar-refractivity contribution in [2.45, 2.75) is 12.6 Å². The Morgan fingerprint density at radius 2 is 1.96 bits per heavy atom. The lowest BCUT2D eigenvalue weighted by atomic mass is 10.2. The molecule has 0 saturated heterocycles. The molecule has 1 aromatic carbocycles. The summed E-state index contributed by atoms with van der Waals surface area (Å²) in [4.78, 5) is 18.2. The van der Waals surface area contributed by atoms with Crippen molar-refractivity contribution in [2.24, 2.45) is 0 Å². The minimum absolute atomic E-state index is 0.116.